The van der Waals surface area contributed by atoms with Crippen molar-refractivity contribution in [3.63, 3.8) is 0 Å². The van der Waals surface area contributed by atoms with E-state index in [0.717, 1.165) is 42.1 Å². The van der Waals surface area contributed by atoms with Crippen LogP contribution < -0.4 is 5.32 Å². The summed E-state index contributed by atoms with van der Waals surface area (Å²) in [6.45, 7) is 7.22. The van der Waals surface area contributed by atoms with E-state index in [1.165, 1.54) is 17.5 Å². The summed E-state index contributed by atoms with van der Waals surface area (Å²) in [6, 6.07) is 4.65. The van der Waals surface area contributed by atoms with Gasteiger partial charge in [0.2, 0.25) is 0 Å². The highest BCUT2D eigenvalue weighted by molar-refractivity contribution is 7.09. The monoisotopic (exact) mass is 384 g/mol. The van der Waals surface area contributed by atoms with Gasteiger partial charge in [-0.2, -0.15) is 0 Å². The quantitative estimate of drug-likeness (QED) is 0.574. The minimum Gasteiger partial charge on any atom is -0.366 e. The van der Waals surface area contributed by atoms with Gasteiger partial charge >= 0.3 is 0 Å². The van der Waals surface area contributed by atoms with E-state index in [9.17, 15) is 4.79 Å². The number of rotatable bonds is 7. The van der Waals surface area contributed by atoms with Gasteiger partial charge in [0.05, 0.1) is 17.0 Å². The molecule has 1 saturated carbocycles. The maximum absolute atomic E-state index is 12.2. The van der Waals surface area contributed by atoms with Crippen LogP contribution >= 0.6 is 11.3 Å². The van der Waals surface area contributed by atoms with Crippen LogP contribution in [0.25, 0.3) is 0 Å². The lowest BCUT2D eigenvalue weighted by Crippen LogP contribution is -2.39. The molecule has 0 spiro atoms. The number of amides is 1. The lowest BCUT2D eigenvalue weighted by atomic mass is 9.93. The third-order valence-corrected chi connectivity index (χ3v) is 5.96. The molecular formula is C21H28N4OS. The van der Waals surface area contributed by atoms with Crippen molar-refractivity contribution < 1.29 is 4.79 Å². The summed E-state index contributed by atoms with van der Waals surface area (Å²) in [4.78, 5) is 23.4. The Morgan fingerprint density at radius 1 is 1.37 bits per heavy atom. The van der Waals surface area contributed by atoms with Crippen LogP contribution in [0.2, 0.25) is 0 Å². The van der Waals surface area contributed by atoms with Crippen molar-refractivity contribution in [1.29, 1.82) is 0 Å². The van der Waals surface area contributed by atoms with Crippen molar-refractivity contribution in [2.45, 2.75) is 52.5 Å². The summed E-state index contributed by atoms with van der Waals surface area (Å²) < 4.78 is 0. The second kappa shape index (κ2) is 8.65. The normalized spacial score (nSPS) is 14.4. The van der Waals surface area contributed by atoms with Crippen molar-refractivity contribution in [3.05, 3.63) is 44.9 Å². The van der Waals surface area contributed by atoms with Gasteiger partial charge in [-0.05, 0) is 62.8 Å². The lowest BCUT2D eigenvalue weighted by molar-refractivity contribution is 0.0912. The van der Waals surface area contributed by atoms with Crippen molar-refractivity contribution in [2.24, 2.45) is 4.99 Å². The maximum atomic E-state index is 12.2. The first-order chi connectivity index (χ1) is 13.0. The fraction of sp³-hybridized carbons (Fsp3) is 0.476. The van der Waals surface area contributed by atoms with E-state index in [2.05, 4.69) is 53.1 Å². The molecule has 6 heteroatoms. The zero-order valence-electron chi connectivity index (χ0n) is 16.6. The third kappa shape index (κ3) is 4.95. The molecule has 2 aromatic rings. The molecule has 0 aliphatic heterocycles. The number of hydrogen-bond donors (Lipinski definition) is 1. The van der Waals surface area contributed by atoms with E-state index in [-0.39, 0.29) is 5.91 Å². The van der Waals surface area contributed by atoms with E-state index < -0.39 is 0 Å². The Bertz CT molecular complexity index is 839. The summed E-state index contributed by atoms with van der Waals surface area (Å²) in [5, 5.41) is 5.89. The number of carbonyl (C=O) groups is 1. The molecule has 1 aliphatic carbocycles. The summed E-state index contributed by atoms with van der Waals surface area (Å²) in [5.41, 5.74) is 5.12. The predicted octanol–water partition coefficient (Wildman–Crippen LogP) is 4.24. The summed E-state index contributed by atoms with van der Waals surface area (Å²) in [7, 11) is 2.02. The highest BCUT2D eigenvalue weighted by atomic mass is 32.1. The Labute approximate surface area is 165 Å². The Morgan fingerprint density at radius 2 is 2.15 bits per heavy atom. The number of aromatic nitrogens is 1. The highest BCUT2D eigenvalue weighted by Crippen LogP contribution is 2.26. The SMILES string of the molecule is CCN(C)C=Nc1cc(C)c(Cc2nc(C(=O)NC3CCC3)cs2)cc1C. The molecule has 0 atom stereocenters. The van der Waals surface area contributed by atoms with Crippen molar-refractivity contribution >= 4 is 29.3 Å². The van der Waals surface area contributed by atoms with Crippen LogP contribution in [0.5, 0.6) is 0 Å². The predicted molar refractivity (Wildman–Crippen MR) is 112 cm³/mol. The van der Waals surface area contributed by atoms with E-state index in [0.29, 0.717) is 11.7 Å². The van der Waals surface area contributed by atoms with Gasteiger partial charge in [0.25, 0.3) is 5.91 Å². The van der Waals surface area contributed by atoms with Gasteiger partial charge in [-0.25, -0.2) is 9.98 Å². The molecule has 1 aliphatic rings. The first kappa shape index (κ1) is 19.5. The Morgan fingerprint density at radius 3 is 2.81 bits per heavy atom. The minimum absolute atomic E-state index is 0.0418. The fourth-order valence-corrected chi connectivity index (χ4v) is 3.70. The number of aryl methyl sites for hydroxylation is 2. The molecular weight excluding hydrogens is 356 g/mol. The first-order valence-electron chi connectivity index (χ1n) is 9.56. The topological polar surface area (TPSA) is 57.6 Å². The largest absolute Gasteiger partial charge is 0.366 e. The van der Waals surface area contributed by atoms with Crippen LogP contribution in [0.4, 0.5) is 5.69 Å². The molecule has 3 rings (SSSR count). The van der Waals surface area contributed by atoms with E-state index in [1.54, 1.807) is 11.3 Å². The molecule has 1 N–H and O–H groups in total. The Kier molecular flexibility index (Phi) is 6.26. The van der Waals surface area contributed by atoms with Gasteiger partial charge in [0, 0.05) is 31.4 Å². The van der Waals surface area contributed by atoms with E-state index in [1.807, 2.05) is 18.8 Å². The molecule has 1 aromatic heterocycles. The van der Waals surface area contributed by atoms with Gasteiger partial charge in [-0.3, -0.25) is 4.79 Å². The highest BCUT2D eigenvalue weighted by Gasteiger charge is 2.21. The second-order valence-corrected chi connectivity index (χ2v) is 8.23. The molecule has 5 nitrogen and oxygen atoms in total. The standard InChI is InChI=1S/C21H28N4OS/c1-5-25(4)13-22-18-10-14(2)16(9-15(18)3)11-20-24-19(12-27-20)21(26)23-17-7-6-8-17/h9-10,12-13,17H,5-8,11H2,1-4H3,(H,23,26). The van der Waals surface area contributed by atoms with Gasteiger partial charge in [-0.15, -0.1) is 11.3 Å². The Balaban J connectivity index is 1.69. The Hall–Kier alpha value is -2.21. The minimum atomic E-state index is -0.0418. The van der Waals surface area contributed by atoms with Gasteiger partial charge in [-0.1, -0.05) is 6.07 Å². The van der Waals surface area contributed by atoms with Gasteiger partial charge in [0.15, 0.2) is 0 Å². The smallest absolute Gasteiger partial charge is 0.270 e. The van der Waals surface area contributed by atoms with Crippen LogP contribution in [0, 0.1) is 13.8 Å². The van der Waals surface area contributed by atoms with E-state index in [4.69, 9.17) is 0 Å². The zero-order valence-corrected chi connectivity index (χ0v) is 17.4. The van der Waals surface area contributed by atoms with Crippen molar-refractivity contribution in [3.8, 4) is 0 Å². The molecule has 0 radical (unpaired) electrons. The molecule has 144 valence electrons. The maximum Gasteiger partial charge on any atom is 0.270 e. The molecule has 27 heavy (non-hydrogen) atoms. The molecule has 0 bridgehead atoms. The van der Waals surface area contributed by atoms with Crippen LogP contribution in [-0.2, 0) is 6.42 Å². The second-order valence-electron chi connectivity index (χ2n) is 7.29. The lowest BCUT2D eigenvalue weighted by Gasteiger charge is -2.25. The van der Waals surface area contributed by atoms with Crippen LogP contribution in [0.3, 0.4) is 0 Å². The van der Waals surface area contributed by atoms with Gasteiger partial charge < -0.3 is 10.2 Å². The van der Waals surface area contributed by atoms with Crippen LogP contribution in [0.1, 0.15) is 58.4 Å². The molecule has 1 amide bonds. The van der Waals surface area contributed by atoms with Crippen molar-refractivity contribution in [1.82, 2.24) is 15.2 Å². The number of hydrogen-bond acceptors (Lipinski definition) is 4. The fourth-order valence-electron chi connectivity index (χ4n) is 2.90. The molecule has 1 heterocycles. The summed E-state index contributed by atoms with van der Waals surface area (Å²) in [5.74, 6) is -0.0418. The number of thiazole rings is 1. The number of carbonyl (C=O) groups excluding carboxylic acids is 1. The summed E-state index contributed by atoms with van der Waals surface area (Å²) >= 11 is 1.55. The van der Waals surface area contributed by atoms with Gasteiger partial charge in [0.1, 0.15) is 5.69 Å². The third-order valence-electron chi connectivity index (χ3n) is 5.11. The number of nitrogens with one attached hydrogen (secondary N) is 1. The molecule has 1 aromatic carbocycles. The van der Waals surface area contributed by atoms with Crippen LogP contribution in [-0.4, -0.2) is 41.8 Å². The number of aliphatic imine (C=N–C) groups is 1. The number of nitrogens with zero attached hydrogens (tertiary/aromatic N) is 3. The molecule has 1 fully saturated rings. The van der Waals surface area contributed by atoms with Crippen LogP contribution in [0.15, 0.2) is 22.5 Å². The molecule has 0 saturated heterocycles. The molecule has 0 unspecified atom stereocenters. The van der Waals surface area contributed by atoms with E-state index >= 15 is 0 Å². The first-order valence-corrected chi connectivity index (χ1v) is 10.4. The number of benzene rings is 1. The zero-order chi connectivity index (χ0) is 19.4. The van der Waals surface area contributed by atoms with Crippen molar-refractivity contribution in [2.75, 3.05) is 13.6 Å². The summed E-state index contributed by atoms with van der Waals surface area (Å²) in [6.07, 6.45) is 6.00. The average Bonchev–Trinajstić information content (AvgIpc) is 3.08. The average molecular weight is 385 g/mol.